The van der Waals surface area contributed by atoms with Gasteiger partial charge in [0, 0.05) is 31.9 Å². The third-order valence-corrected chi connectivity index (χ3v) is 3.87. The van der Waals surface area contributed by atoms with Crippen molar-refractivity contribution in [3.8, 4) is 0 Å². The molecule has 6 nitrogen and oxygen atoms in total. The number of primary amides is 1. The van der Waals surface area contributed by atoms with Crippen molar-refractivity contribution in [2.45, 2.75) is 19.4 Å². The first-order valence-corrected chi connectivity index (χ1v) is 6.19. The van der Waals surface area contributed by atoms with Gasteiger partial charge in [-0.05, 0) is 19.9 Å². The van der Waals surface area contributed by atoms with E-state index in [2.05, 4.69) is 10.00 Å². The Morgan fingerprint density at radius 3 is 2.83 bits per heavy atom. The van der Waals surface area contributed by atoms with Crippen molar-refractivity contribution in [2.24, 2.45) is 23.9 Å². The molecule has 0 spiro atoms. The van der Waals surface area contributed by atoms with Crippen LogP contribution in [0.3, 0.4) is 0 Å². The van der Waals surface area contributed by atoms with E-state index < -0.39 is 5.41 Å². The van der Waals surface area contributed by atoms with Crippen molar-refractivity contribution in [1.29, 1.82) is 0 Å². The number of amides is 1. The van der Waals surface area contributed by atoms with E-state index >= 15 is 0 Å². The van der Waals surface area contributed by atoms with E-state index in [4.69, 9.17) is 11.5 Å². The predicted octanol–water partition coefficient (Wildman–Crippen LogP) is -0.383. The number of carbonyl (C=O) groups excluding carboxylic acids is 1. The number of carbonyl (C=O) groups is 1. The highest BCUT2D eigenvalue weighted by Gasteiger charge is 2.41. The lowest BCUT2D eigenvalue weighted by atomic mass is 9.89. The van der Waals surface area contributed by atoms with Gasteiger partial charge in [0.15, 0.2) is 0 Å². The monoisotopic (exact) mass is 251 g/mol. The lowest BCUT2D eigenvalue weighted by Gasteiger charge is -2.27. The molecule has 2 unspecified atom stereocenters. The molecule has 2 rings (SSSR count). The summed E-state index contributed by atoms with van der Waals surface area (Å²) in [7, 11) is 1.88. The molecule has 0 radical (unpaired) electrons. The van der Waals surface area contributed by atoms with Gasteiger partial charge in [0.05, 0.1) is 17.7 Å². The van der Waals surface area contributed by atoms with Gasteiger partial charge in [-0.15, -0.1) is 0 Å². The van der Waals surface area contributed by atoms with E-state index in [0.29, 0.717) is 13.1 Å². The Labute approximate surface area is 107 Å². The summed E-state index contributed by atoms with van der Waals surface area (Å²) < 4.78 is 1.77. The summed E-state index contributed by atoms with van der Waals surface area (Å²) in [4.78, 5) is 13.7. The van der Waals surface area contributed by atoms with E-state index in [-0.39, 0.29) is 11.9 Å². The van der Waals surface area contributed by atoms with Crippen LogP contribution in [0.4, 0.5) is 0 Å². The molecule has 0 aliphatic carbocycles. The van der Waals surface area contributed by atoms with Gasteiger partial charge in [0.1, 0.15) is 0 Å². The standard InChI is InChI=1S/C12H21N5O/c1-12(11(14)18)3-4-17(8-12)10(5-13)9-6-15-16(2)7-9/h6-7,10H,3-5,8,13H2,1-2H3,(H2,14,18). The first kappa shape index (κ1) is 13.0. The normalized spacial score (nSPS) is 26.4. The number of nitrogens with two attached hydrogens (primary N) is 2. The van der Waals surface area contributed by atoms with Gasteiger partial charge in [-0.2, -0.15) is 5.10 Å². The predicted molar refractivity (Wildman–Crippen MR) is 68.5 cm³/mol. The average molecular weight is 251 g/mol. The van der Waals surface area contributed by atoms with E-state index in [1.54, 1.807) is 4.68 Å². The molecule has 1 aliphatic heterocycles. The van der Waals surface area contributed by atoms with Gasteiger partial charge < -0.3 is 11.5 Å². The van der Waals surface area contributed by atoms with Gasteiger partial charge in [-0.1, -0.05) is 0 Å². The van der Waals surface area contributed by atoms with Crippen molar-refractivity contribution in [3.63, 3.8) is 0 Å². The summed E-state index contributed by atoms with van der Waals surface area (Å²) in [5, 5.41) is 4.17. The van der Waals surface area contributed by atoms with Crippen LogP contribution in [0.5, 0.6) is 0 Å². The zero-order chi connectivity index (χ0) is 13.3. The molecule has 6 heteroatoms. The molecule has 4 N–H and O–H groups in total. The lowest BCUT2D eigenvalue weighted by molar-refractivity contribution is -0.126. The van der Waals surface area contributed by atoms with E-state index in [1.807, 2.05) is 26.4 Å². The number of hydrogen-bond donors (Lipinski definition) is 2. The van der Waals surface area contributed by atoms with Gasteiger partial charge in [-0.25, -0.2) is 0 Å². The minimum Gasteiger partial charge on any atom is -0.369 e. The molecule has 1 aromatic rings. The molecule has 18 heavy (non-hydrogen) atoms. The van der Waals surface area contributed by atoms with Gasteiger partial charge in [0.2, 0.25) is 5.91 Å². The molecule has 2 atom stereocenters. The fraction of sp³-hybridized carbons (Fsp3) is 0.667. The van der Waals surface area contributed by atoms with Crippen LogP contribution in [0.15, 0.2) is 12.4 Å². The average Bonchev–Trinajstić information content (AvgIpc) is 2.89. The molecular weight excluding hydrogens is 230 g/mol. The van der Waals surface area contributed by atoms with Crippen LogP contribution in [-0.4, -0.2) is 40.2 Å². The highest BCUT2D eigenvalue weighted by Crippen LogP contribution is 2.34. The molecule has 1 fully saturated rings. The summed E-state index contributed by atoms with van der Waals surface area (Å²) >= 11 is 0. The molecule has 0 saturated carbocycles. The van der Waals surface area contributed by atoms with Gasteiger partial charge in [0.25, 0.3) is 0 Å². The molecule has 1 saturated heterocycles. The van der Waals surface area contributed by atoms with Crippen molar-refractivity contribution >= 4 is 5.91 Å². The molecule has 1 aromatic heterocycles. The molecular formula is C12H21N5O. The van der Waals surface area contributed by atoms with Crippen molar-refractivity contribution in [1.82, 2.24) is 14.7 Å². The van der Waals surface area contributed by atoms with Crippen LogP contribution in [0.25, 0.3) is 0 Å². The number of nitrogens with zero attached hydrogens (tertiary/aromatic N) is 3. The Kier molecular flexibility index (Phi) is 3.41. The van der Waals surface area contributed by atoms with Crippen molar-refractivity contribution < 1.29 is 4.79 Å². The largest absolute Gasteiger partial charge is 0.369 e. The Morgan fingerprint density at radius 1 is 1.67 bits per heavy atom. The third-order valence-electron chi connectivity index (χ3n) is 3.87. The molecule has 1 amide bonds. The molecule has 1 aliphatic rings. The summed E-state index contributed by atoms with van der Waals surface area (Å²) in [5.74, 6) is -0.230. The first-order valence-electron chi connectivity index (χ1n) is 6.19. The number of likely N-dealkylation sites (tertiary alicyclic amines) is 1. The molecule has 2 heterocycles. The van der Waals surface area contributed by atoms with Crippen LogP contribution < -0.4 is 11.5 Å². The molecule has 0 aromatic carbocycles. The Balaban J connectivity index is 2.14. The summed E-state index contributed by atoms with van der Waals surface area (Å²) in [5.41, 5.74) is 12.0. The zero-order valence-corrected chi connectivity index (χ0v) is 11.0. The number of rotatable bonds is 4. The number of hydrogen-bond acceptors (Lipinski definition) is 4. The van der Waals surface area contributed by atoms with Gasteiger partial charge in [-0.3, -0.25) is 14.4 Å². The van der Waals surface area contributed by atoms with Crippen LogP contribution in [0, 0.1) is 5.41 Å². The third kappa shape index (κ3) is 2.26. The molecule has 100 valence electrons. The summed E-state index contributed by atoms with van der Waals surface area (Å²) in [6, 6.07) is 0.111. The quantitative estimate of drug-likeness (QED) is 0.763. The van der Waals surface area contributed by atoms with Crippen LogP contribution in [0.1, 0.15) is 24.9 Å². The second-order valence-electron chi connectivity index (χ2n) is 5.34. The first-order chi connectivity index (χ1) is 8.46. The fourth-order valence-corrected chi connectivity index (χ4v) is 2.57. The van der Waals surface area contributed by atoms with Crippen LogP contribution in [0.2, 0.25) is 0 Å². The van der Waals surface area contributed by atoms with E-state index in [9.17, 15) is 4.79 Å². The van der Waals surface area contributed by atoms with Crippen LogP contribution in [-0.2, 0) is 11.8 Å². The topological polar surface area (TPSA) is 90.2 Å². The highest BCUT2D eigenvalue weighted by molar-refractivity contribution is 5.81. The Morgan fingerprint density at radius 2 is 2.39 bits per heavy atom. The lowest BCUT2D eigenvalue weighted by Crippen LogP contribution is -2.39. The Bertz CT molecular complexity index is 443. The van der Waals surface area contributed by atoms with Crippen molar-refractivity contribution in [2.75, 3.05) is 19.6 Å². The maximum atomic E-state index is 11.5. The Hall–Kier alpha value is -1.40. The summed E-state index contributed by atoms with van der Waals surface area (Å²) in [6.45, 7) is 3.95. The highest BCUT2D eigenvalue weighted by atomic mass is 16.1. The fourth-order valence-electron chi connectivity index (χ4n) is 2.57. The summed E-state index contributed by atoms with van der Waals surface area (Å²) in [6.07, 6.45) is 4.59. The maximum Gasteiger partial charge on any atom is 0.224 e. The smallest absolute Gasteiger partial charge is 0.224 e. The zero-order valence-electron chi connectivity index (χ0n) is 11.0. The van der Waals surface area contributed by atoms with E-state index in [0.717, 1.165) is 18.5 Å². The second-order valence-corrected chi connectivity index (χ2v) is 5.34. The van der Waals surface area contributed by atoms with Crippen molar-refractivity contribution in [3.05, 3.63) is 18.0 Å². The maximum absolute atomic E-state index is 11.5. The minimum absolute atomic E-state index is 0.111. The number of aryl methyl sites for hydroxylation is 1. The molecule has 0 bridgehead atoms. The van der Waals surface area contributed by atoms with Crippen LogP contribution >= 0.6 is 0 Å². The van der Waals surface area contributed by atoms with Gasteiger partial charge >= 0.3 is 0 Å². The number of aromatic nitrogens is 2. The second kappa shape index (κ2) is 4.70. The van der Waals surface area contributed by atoms with E-state index in [1.165, 1.54) is 0 Å². The minimum atomic E-state index is -0.435. The SMILES string of the molecule is Cn1cc(C(CN)N2CCC(C)(C(N)=O)C2)cn1.